The van der Waals surface area contributed by atoms with Crippen LogP contribution in [-0.4, -0.2) is 36.8 Å². The Balaban J connectivity index is 1.41. The van der Waals surface area contributed by atoms with E-state index in [0.29, 0.717) is 35.5 Å². The number of methoxy groups -OCH3 is 1. The van der Waals surface area contributed by atoms with E-state index in [1.807, 2.05) is 13.0 Å². The lowest BCUT2D eigenvalue weighted by Gasteiger charge is -2.37. The smallest absolute Gasteiger partial charge is 0.254 e. The van der Waals surface area contributed by atoms with E-state index in [9.17, 15) is 9.59 Å². The summed E-state index contributed by atoms with van der Waals surface area (Å²) in [7, 11) is 1.57. The highest BCUT2D eigenvalue weighted by atomic mass is 79.9. The molecule has 0 unspecified atom stereocenters. The Labute approximate surface area is 171 Å². The Bertz CT molecular complexity index is 891. The second-order valence-corrected chi connectivity index (χ2v) is 8.71. The van der Waals surface area contributed by atoms with Crippen molar-refractivity contribution >= 4 is 34.0 Å². The number of amides is 2. The van der Waals surface area contributed by atoms with Gasteiger partial charge in [0.15, 0.2) is 11.5 Å². The zero-order valence-corrected chi connectivity index (χ0v) is 17.3. The van der Waals surface area contributed by atoms with E-state index >= 15 is 0 Å². The number of rotatable bonds is 5. The number of halogens is 1. The molecular formula is C21H21BrN2O4. The molecule has 7 heteroatoms. The number of hydrogen-bond donors (Lipinski definition) is 0. The van der Waals surface area contributed by atoms with Gasteiger partial charge in [0, 0.05) is 0 Å². The van der Waals surface area contributed by atoms with Crippen LogP contribution in [0.15, 0.2) is 33.9 Å². The molecule has 6 rings (SSSR count). The highest BCUT2D eigenvalue weighted by molar-refractivity contribution is 9.10. The van der Waals surface area contributed by atoms with Crippen molar-refractivity contribution < 1.29 is 19.1 Å². The van der Waals surface area contributed by atoms with Crippen molar-refractivity contribution in [1.82, 2.24) is 5.01 Å². The first kappa shape index (κ1) is 17.9. The molecule has 0 spiro atoms. The average molecular weight is 445 g/mol. The molecule has 2 saturated carbocycles. The number of benzene rings is 1. The average Bonchev–Trinajstić information content (AvgIpc) is 3.47. The number of ether oxygens (including phenoxy) is 2. The zero-order valence-electron chi connectivity index (χ0n) is 15.7. The molecule has 0 N–H and O–H groups in total. The lowest BCUT2D eigenvalue weighted by molar-refractivity contribution is -0.140. The summed E-state index contributed by atoms with van der Waals surface area (Å²) in [5.74, 6) is 1.98. The molecule has 4 aliphatic carbocycles. The first-order valence-electron chi connectivity index (χ1n) is 9.65. The Morgan fingerprint density at radius 3 is 2.39 bits per heavy atom. The minimum absolute atomic E-state index is 0.159. The van der Waals surface area contributed by atoms with Crippen LogP contribution in [0.25, 0.3) is 0 Å². The molecule has 1 aromatic carbocycles. The van der Waals surface area contributed by atoms with Crippen molar-refractivity contribution in [3.05, 3.63) is 34.3 Å². The molecule has 2 amide bonds. The predicted molar refractivity (Wildman–Crippen MR) is 106 cm³/mol. The molecule has 0 radical (unpaired) electrons. The van der Waals surface area contributed by atoms with Gasteiger partial charge in [-0.25, -0.2) is 0 Å². The van der Waals surface area contributed by atoms with Crippen LogP contribution >= 0.6 is 15.9 Å². The number of imide groups is 1. The molecule has 5 aliphatic rings. The highest BCUT2D eigenvalue weighted by Crippen LogP contribution is 2.65. The normalized spacial score (nSPS) is 34.8. The first-order valence-corrected chi connectivity index (χ1v) is 10.4. The summed E-state index contributed by atoms with van der Waals surface area (Å²) >= 11 is 3.48. The van der Waals surface area contributed by atoms with E-state index in [2.05, 4.69) is 33.2 Å². The molecule has 28 heavy (non-hydrogen) atoms. The van der Waals surface area contributed by atoms with Gasteiger partial charge in [0.05, 0.1) is 36.2 Å². The number of hydrazone groups is 1. The van der Waals surface area contributed by atoms with E-state index in [0.717, 1.165) is 15.9 Å². The van der Waals surface area contributed by atoms with Crippen LogP contribution in [0.5, 0.6) is 11.5 Å². The van der Waals surface area contributed by atoms with Crippen molar-refractivity contribution in [1.29, 1.82) is 0 Å². The fourth-order valence-electron chi connectivity index (χ4n) is 5.28. The Kier molecular flexibility index (Phi) is 4.12. The number of nitrogens with zero attached hydrogens (tertiary/aromatic N) is 2. The summed E-state index contributed by atoms with van der Waals surface area (Å²) in [5.41, 5.74) is 0.714. The molecular weight excluding hydrogens is 424 g/mol. The minimum atomic E-state index is -0.231. The van der Waals surface area contributed by atoms with Gasteiger partial charge >= 0.3 is 0 Å². The van der Waals surface area contributed by atoms with Gasteiger partial charge in [-0.3, -0.25) is 9.59 Å². The van der Waals surface area contributed by atoms with Crippen LogP contribution < -0.4 is 9.47 Å². The monoisotopic (exact) mass is 444 g/mol. The maximum atomic E-state index is 13.0. The topological polar surface area (TPSA) is 68.2 Å². The minimum Gasteiger partial charge on any atom is -0.493 e. The summed E-state index contributed by atoms with van der Waals surface area (Å²) in [5, 5.41) is 5.36. The maximum absolute atomic E-state index is 13.0. The van der Waals surface area contributed by atoms with Gasteiger partial charge in [-0.05, 0) is 70.6 Å². The zero-order chi connectivity index (χ0) is 19.6. The summed E-state index contributed by atoms with van der Waals surface area (Å²) in [6, 6.07) is 3.60. The molecule has 146 valence electrons. The quantitative estimate of drug-likeness (QED) is 0.397. The summed E-state index contributed by atoms with van der Waals surface area (Å²) in [6.45, 7) is 2.41. The second kappa shape index (κ2) is 6.44. The Morgan fingerprint density at radius 2 is 1.82 bits per heavy atom. The van der Waals surface area contributed by atoms with Crippen LogP contribution in [0.1, 0.15) is 18.9 Å². The highest BCUT2D eigenvalue weighted by Gasteiger charge is 2.67. The van der Waals surface area contributed by atoms with Gasteiger partial charge in [-0.2, -0.15) is 10.1 Å². The third kappa shape index (κ3) is 2.48. The van der Waals surface area contributed by atoms with E-state index in [1.54, 1.807) is 13.2 Å². The Hall–Kier alpha value is -2.15. The molecule has 1 saturated heterocycles. The number of carbonyl (C=O) groups excluding carboxylic acids is 2. The van der Waals surface area contributed by atoms with Gasteiger partial charge in [0.1, 0.15) is 0 Å². The summed E-state index contributed by atoms with van der Waals surface area (Å²) < 4.78 is 11.7. The summed E-state index contributed by atoms with van der Waals surface area (Å²) in [4.78, 5) is 25.9. The Morgan fingerprint density at radius 1 is 1.18 bits per heavy atom. The second-order valence-electron chi connectivity index (χ2n) is 7.85. The molecule has 6 nitrogen and oxygen atoms in total. The number of allylic oxidation sites excluding steroid dienone is 2. The van der Waals surface area contributed by atoms with Crippen LogP contribution in [-0.2, 0) is 9.59 Å². The molecule has 1 heterocycles. The first-order chi connectivity index (χ1) is 13.5. The van der Waals surface area contributed by atoms with Crippen molar-refractivity contribution in [2.24, 2.45) is 40.6 Å². The number of hydrogen-bond acceptors (Lipinski definition) is 5. The van der Waals surface area contributed by atoms with Gasteiger partial charge in [0.25, 0.3) is 11.8 Å². The van der Waals surface area contributed by atoms with Crippen molar-refractivity contribution in [3.8, 4) is 11.5 Å². The van der Waals surface area contributed by atoms with Crippen LogP contribution in [0.3, 0.4) is 0 Å². The van der Waals surface area contributed by atoms with Crippen molar-refractivity contribution in [3.63, 3.8) is 0 Å². The molecule has 3 fully saturated rings. The largest absolute Gasteiger partial charge is 0.493 e. The maximum Gasteiger partial charge on any atom is 0.254 e. The third-order valence-electron chi connectivity index (χ3n) is 6.50. The van der Waals surface area contributed by atoms with Crippen molar-refractivity contribution in [2.75, 3.05) is 13.7 Å². The fourth-order valence-corrected chi connectivity index (χ4v) is 5.85. The summed E-state index contributed by atoms with van der Waals surface area (Å²) in [6.07, 6.45) is 7.00. The standard InChI is InChI=1S/C21H21BrN2O4/c1-3-28-19-15(22)6-10(7-16(19)27-2)9-23-24-20(25)17-11-4-5-12(14-8-13(11)14)18(17)21(24)26/h4-7,9,11-14,17-18H,3,8H2,1-2H3/b23-9-/t11-,12-,13-,14-,17-,18+/m0/s1. The third-order valence-corrected chi connectivity index (χ3v) is 7.09. The molecule has 0 aromatic heterocycles. The lowest BCUT2D eigenvalue weighted by Crippen LogP contribution is -2.40. The van der Waals surface area contributed by atoms with E-state index in [1.165, 1.54) is 6.21 Å². The fraction of sp³-hybridized carbons (Fsp3) is 0.476. The van der Waals surface area contributed by atoms with E-state index in [-0.39, 0.29) is 35.5 Å². The number of carbonyl (C=O) groups is 2. The molecule has 2 bridgehead atoms. The van der Waals surface area contributed by atoms with E-state index in [4.69, 9.17) is 9.47 Å². The van der Waals surface area contributed by atoms with Gasteiger partial charge in [-0.1, -0.05) is 12.2 Å². The predicted octanol–water partition coefficient (Wildman–Crippen LogP) is 3.24. The van der Waals surface area contributed by atoms with Crippen LogP contribution in [0, 0.1) is 35.5 Å². The van der Waals surface area contributed by atoms with Gasteiger partial charge in [-0.15, -0.1) is 0 Å². The van der Waals surface area contributed by atoms with E-state index < -0.39 is 0 Å². The SMILES string of the molecule is CCOc1c(Br)cc(/C=N\N2C(=O)[C@@H]3[C@H]4C=C[C@@H]([C@@H]5C[C@@H]45)[C@@H]3C2=O)cc1OC. The van der Waals surface area contributed by atoms with Crippen molar-refractivity contribution in [2.45, 2.75) is 13.3 Å². The van der Waals surface area contributed by atoms with Crippen LogP contribution in [0.4, 0.5) is 0 Å². The molecule has 6 atom stereocenters. The van der Waals surface area contributed by atoms with Gasteiger partial charge < -0.3 is 9.47 Å². The van der Waals surface area contributed by atoms with Gasteiger partial charge in [0.2, 0.25) is 0 Å². The lowest BCUT2D eigenvalue weighted by atomic mass is 9.63. The molecule has 1 aliphatic heterocycles. The van der Waals surface area contributed by atoms with Crippen LogP contribution in [0.2, 0.25) is 0 Å². The molecule has 1 aromatic rings.